The Kier molecular flexibility index (Phi) is 6.15. The zero-order valence-corrected chi connectivity index (χ0v) is 10.8. The van der Waals surface area contributed by atoms with Gasteiger partial charge >= 0.3 is 0 Å². The van der Waals surface area contributed by atoms with Crippen LogP contribution in [0.5, 0.6) is 0 Å². The van der Waals surface area contributed by atoms with E-state index in [4.69, 9.17) is 15.3 Å². The molecule has 0 radical (unpaired) electrons. The van der Waals surface area contributed by atoms with Crippen molar-refractivity contribution in [3.8, 4) is 0 Å². The number of methoxy groups -OCH3 is 1. The van der Waals surface area contributed by atoms with Gasteiger partial charge in [0.1, 0.15) is 0 Å². The molecule has 96 valence electrons. The number of benzene rings is 1. The highest BCUT2D eigenvalue weighted by Gasteiger charge is 2.12. The maximum absolute atomic E-state index is 5.57. The number of hydrazine groups is 1. The Balaban J connectivity index is 2.59. The summed E-state index contributed by atoms with van der Waals surface area (Å²) in [5.74, 6) is 5.57. The average molecular weight is 238 g/mol. The Bertz CT molecular complexity index is 342. The molecular formula is C13H22N2O2. The van der Waals surface area contributed by atoms with E-state index in [-0.39, 0.29) is 6.04 Å². The number of hydrogen-bond donors (Lipinski definition) is 2. The topological polar surface area (TPSA) is 56.5 Å². The number of nitrogens with two attached hydrogens (primary N) is 1. The van der Waals surface area contributed by atoms with Crippen molar-refractivity contribution in [3.05, 3.63) is 34.9 Å². The van der Waals surface area contributed by atoms with Crippen LogP contribution in [0, 0.1) is 13.8 Å². The molecule has 1 unspecified atom stereocenters. The van der Waals surface area contributed by atoms with Crippen LogP contribution >= 0.6 is 0 Å². The molecule has 0 heterocycles. The number of aryl methyl sites for hydroxylation is 2. The van der Waals surface area contributed by atoms with Crippen LogP contribution in [-0.2, 0) is 9.47 Å². The lowest BCUT2D eigenvalue weighted by Crippen LogP contribution is -2.32. The van der Waals surface area contributed by atoms with Crippen LogP contribution in [-0.4, -0.2) is 26.9 Å². The molecule has 4 nitrogen and oxygen atoms in total. The van der Waals surface area contributed by atoms with Gasteiger partial charge in [0, 0.05) is 7.11 Å². The first kappa shape index (κ1) is 14.1. The Labute approximate surface area is 103 Å². The first-order valence-electron chi connectivity index (χ1n) is 5.79. The summed E-state index contributed by atoms with van der Waals surface area (Å²) in [6, 6.07) is 6.35. The molecule has 1 aromatic rings. The van der Waals surface area contributed by atoms with E-state index < -0.39 is 0 Å². The van der Waals surface area contributed by atoms with E-state index in [1.54, 1.807) is 7.11 Å². The minimum absolute atomic E-state index is 0.0208. The Morgan fingerprint density at radius 1 is 1.29 bits per heavy atom. The molecule has 0 spiro atoms. The van der Waals surface area contributed by atoms with E-state index in [1.165, 1.54) is 16.7 Å². The number of hydrogen-bond acceptors (Lipinski definition) is 4. The second-order valence-electron chi connectivity index (χ2n) is 4.15. The van der Waals surface area contributed by atoms with Crippen LogP contribution in [0.15, 0.2) is 18.2 Å². The predicted molar refractivity (Wildman–Crippen MR) is 68.7 cm³/mol. The summed E-state index contributed by atoms with van der Waals surface area (Å²) in [6.45, 7) is 5.89. The molecule has 0 aliphatic rings. The van der Waals surface area contributed by atoms with E-state index in [1.807, 2.05) is 0 Å². The number of nitrogens with one attached hydrogen (secondary N) is 1. The van der Waals surface area contributed by atoms with Crippen LogP contribution < -0.4 is 11.3 Å². The molecular weight excluding hydrogens is 216 g/mol. The van der Waals surface area contributed by atoms with E-state index in [9.17, 15) is 0 Å². The fourth-order valence-electron chi connectivity index (χ4n) is 1.79. The second-order valence-corrected chi connectivity index (χ2v) is 4.15. The van der Waals surface area contributed by atoms with E-state index in [0.717, 1.165) is 0 Å². The molecule has 4 heteroatoms. The molecule has 1 aromatic carbocycles. The summed E-state index contributed by atoms with van der Waals surface area (Å²) in [7, 11) is 1.66. The number of ether oxygens (including phenoxy) is 2. The normalized spacial score (nSPS) is 12.7. The summed E-state index contributed by atoms with van der Waals surface area (Å²) < 4.78 is 10.4. The van der Waals surface area contributed by atoms with E-state index in [2.05, 4.69) is 37.5 Å². The SMILES string of the molecule is COCCOCC(NN)c1ccc(C)cc1C. The lowest BCUT2D eigenvalue weighted by atomic mass is 10.00. The van der Waals surface area contributed by atoms with Crippen molar-refractivity contribution in [2.75, 3.05) is 26.9 Å². The first-order valence-corrected chi connectivity index (χ1v) is 5.79. The highest BCUT2D eigenvalue weighted by Crippen LogP contribution is 2.18. The molecule has 3 N–H and O–H groups in total. The van der Waals surface area contributed by atoms with Crippen LogP contribution in [0.3, 0.4) is 0 Å². The molecule has 0 aromatic heterocycles. The molecule has 0 saturated heterocycles. The molecule has 0 fully saturated rings. The maximum Gasteiger partial charge on any atom is 0.0701 e. The minimum atomic E-state index is 0.0208. The predicted octanol–water partition coefficient (Wildman–Crippen LogP) is 1.47. The van der Waals surface area contributed by atoms with Crippen LogP contribution in [0.4, 0.5) is 0 Å². The molecule has 1 atom stereocenters. The Hall–Kier alpha value is -0.940. The van der Waals surface area contributed by atoms with Gasteiger partial charge in [-0.25, -0.2) is 0 Å². The lowest BCUT2D eigenvalue weighted by molar-refractivity contribution is 0.0585. The first-order chi connectivity index (χ1) is 8.19. The van der Waals surface area contributed by atoms with Gasteiger partial charge in [0.2, 0.25) is 0 Å². The van der Waals surface area contributed by atoms with Crippen LogP contribution in [0.2, 0.25) is 0 Å². The maximum atomic E-state index is 5.57. The van der Waals surface area contributed by atoms with E-state index in [0.29, 0.717) is 19.8 Å². The molecule has 1 rings (SSSR count). The molecule has 0 bridgehead atoms. The van der Waals surface area contributed by atoms with Crippen molar-refractivity contribution < 1.29 is 9.47 Å². The summed E-state index contributed by atoms with van der Waals surface area (Å²) >= 11 is 0. The zero-order chi connectivity index (χ0) is 12.7. The largest absolute Gasteiger partial charge is 0.382 e. The van der Waals surface area contributed by atoms with Crippen molar-refractivity contribution in [2.24, 2.45) is 5.84 Å². The average Bonchev–Trinajstić information content (AvgIpc) is 2.31. The molecule has 0 amide bonds. The number of rotatable bonds is 7. The van der Waals surface area contributed by atoms with Gasteiger partial charge in [-0.2, -0.15) is 0 Å². The third kappa shape index (κ3) is 4.44. The minimum Gasteiger partial charge on any atom is -0.382 e. The van der Waals surface area contributed by atoms with Gasteiger partial charge in [-0.15, -0.1) is 0 Å². The fourth-order valence-corrected chi connectivity index (χ4v) is 1.79. The second kappa shape index (κ2) is 7.40. The van der Waals surface area contributed by atoms with Gasteiger partial charge in [-0.05, 0) is 25.0 Å². The molecule has 0 aliphatic carbocycles. The summed E-state index contributed by atoms with van der Waals surface area (Å²) in [4.78, 5) is 0. The van der Waals surface area contributed by atoms with Crippen molar-refractivity contribution >= 4 is 0 Å². The van der Waals surface area contributed by atoms with Crippen LogP contribution in [0.25, 0.3) is 0 Å². The van der Waals surface area contributed by atoms with Gasteiger partial charge in [-0.3, -0.25) is 11.3 Å². The van der Waals surface area contributed by atoms with Gasteiger partial charge < -0.3 is 9.47 Å². The quantitative estimate of drug-likeness (QED) is 0.429. The standard InChI is InChI=1S/C13H22N2O2/c1-10-4-5-12(11(2)8-10)13(15-14)9-17-7-6-16-3/h4-5,8,13,15H,6-7,9,14H2,1-3H3. The van der Waals surface area contributed by atoms with Crippen molar-refractivity contribution in [2.45, 2.75) is 19.9 Å². The van der Waals surface area contributed by atoms with Gasteiger partial charge in [0.25, 0.3) is 0 Å². The summed E-state index contributed by atoms with van der Waals surface area (Å²) in [5.41, 5.74) is 6.44. The third-order valence-corrected chi connectivity index (χ3v) is 2.72. The smallest absolute Gasteiger partial charge is 0.0701 e. The van der Waals surface area contributed by atoms with Crippen molar-refractivity contribution in [1.29, 1.82) is 0 Å². The highest BCUT2D eigenvalue weighted by molar-refractivity contribution is 5.32. The summed E-state index contributed by atoms with van der Waals surface area (Å²) in [5, 5.41) is 0. The van der Waals surface area contributed by atoms with Crippen molar-refractivity contribution in [1.82, 2.24) is 5.43 Å². The fraction of sp³-hybridized carbons (Fsp3) is 0.538. The van der Waals surface area contributed by atoms with Gasteiger partial charge in [-0.1, -0.05) is 23.8 Å². The van der Waals surface area contributed by atoms with Crippen molar-refractivity contribution in [3.63, 3.8) is 0 Å². The van der Waals surface area contributed by atoms with Crippen LogP contribution in [0.1, 0.15) is 22.7 Å². The lowest BCUT2D eigenvalue weighted by Gasteiger charge is -2.19. The highest BCUT2D eigenvalue weighted by atomic mass is 16.5. The monoisotopic (exact) mass is 238 g/mol. The summed E-state index contributed by atoms with van der Waals surface area (Å²) in [6.07, 6.45) is 0. The molecule has 0 saturated carbocycles. The van der Waals surface area contributed by atoms with Gasteiger partial charge in [0.15, 0.2) is 0 Å². The van der Waals surface area contributed by atoms with Gasteiger partial charge in [0.05, 0.1) is 25.9 Å². The molecule has 17 heavy (non-hydrogen) atoms. The van der Waals surface area contributed by atoms with E-state index >= 15 is 0 Å². The Morgan fingerprint density at radius 3 is 2.65 bits per heavy atom. The zero-order valence-electron chi connectivity index (χ0n) is 10.8. The molecule has 0 aliphatic heterocycles. The Morgan fingerprint density at radius 2 is 2.06 bits per heavy atom. The third-order valence-electron chi connectivity index (χ3n) is 2.72.